The summed E-state index contributed by atoms with van der Waals surface area (Å²) in [6.45, 7) is 5.22. The highest BCUT2D eigenvalue weighted by atomic mass is 16.6. The van der Waals surface area contributed by atoms with Gasteiger partial charge in [-0.3, -0.25) is 10.1 Å². The molecule has 0 saturated heterocycles. The Balaban J connectivity index is 3.37. The molecule has 0 fully saturated rings. The van der Waals surface area contributed by atoms with E-state index in [0.717, 1.165) is 0 Å². The summed E-state index contributed by atoms with van der Waals surface area (Å²) in [6, 6.07) is -0.870. The number of likely N-dealkylation sites (N-methyl/N-ethyl adjacent to an activating group) is 1. The van der Waals surface area contributed by atoms with Gasteiger partial charge in [-0.05, 0) is 20.8 Å². The van der Waals surface area contributed by atoms with Crippen LogP contribution in [-0.4, -0.2) is 38.9 Å². The number of nitro groups is 1. The molecule has 0 aliphatic heterocycles. The second-order valence-corrected chi connectivity index (χ2v) is 3.96. The standard InChI is InChI=1S/C10H16N4O4/c1-5-13-9(12(4)7(3)10(15)16)8(14(17)18)6(2)11-13/h7H,5H2,1-4H3,(H,15,16). The Hall–Kier alpha value is -2.12. The van der Waals surface area contributed by atoms with Crippen molar-refractivity contribution in [1.82, 2.24) is 9.78 Å². The van der Waals surface area contributed by atoms with E-state index < -0.39 is 16.9 Å². The highest BCUT2D eigenvalue weighted by molar-refractivity contribution is 5.78. The average molecular weight is 256 g/mol. The van der Waals surface area contributed by atoms with Crippen LogP contribution in [0.25, 0.3) is 0 Å². The van der Waals surface area contributed by atoms with Crippen LogP contribution in [0.15, 0.2) is 0 Å². The average Bonchev–Trinajstić information content (AvgIpc) is 2.63. The van der Waals surface area contributed by atoms with Crippen LogP contribution in [0.2, 0.25) is 0 Å². The van der Waals surface area contributed by atoms with Crippen LogP contribution in [0.5, 0.6) is 0 Å². The van der Waals surface area contributed by atoms with E-state index >= 15 is 0 Å². The molecule has 8 heteroatoms. The Morgan fingerprint density at radius 1 is 1.67 bits per heavy atom. The van der Waals surface area contributed by atoms with Gasteiger partial charge in [0, 0.05) is 13.6 Å². The number of hydrogen-bond donors (Lipinski definition) is 1. The van der Waals surface area contributed by atoms with Crippen LogP contribution in [-0.2, 0) is 11.3 Å². The molecule has 0 radical (unpaired) electrons. The first-order valence-corrected chi connectivity index (χ1v) is 5.48. The smallest absolute Gasteiger partial charge is 0.333 e. The van der Waals surface area contributed by atoms with E-state index in [9.17, 15) is 14.9 Å². The number of aliphatic carboxylic acids is 1. The van der Waals surface area contributed by atoms with Crippen LogP contribution in [0, 0.1) is 17.0 Å². The molecule has 0 aliphatic carbocycles. The topological polar surface area (TPSA) is 101 Å². The summed E-state index contributed by atoms with van der Waals surface area (Å²) in [5.41, 5.74) is 0.133. The van der Waals surface area contributed by atoms with Crippen molar-refractivity contribution in [3.8, 4) is 0 Å². The predicted octanol–water partition coefficient (Wildman–Crippen LogP) is 1.03. The number of carboxylic acids is 1. The van der Waals surface area contributed by atoms with Gasteiger partial charge in [0.1, 0.15) is 11.7 Å². The van der Waals surface area contributed by atoms with Crippen molar-refractivity contribution in [1.29, 1.82) is 0 Å². The van der Waals surface area contributed by atoms with Crippen LogP contribution in [0.4, 0.5) is 11.5 Å². The van der Waals surface area contributed by atoms with Crippen LogP contribution >= 0.6 is 0 Å². The zero-order valence-corrected chi connectivity index (χ0v) is 10.7. The molecular weight excluding hydrogens is 240 g/mol. The Morgan fingerprint density at radius 3 is 2.61 bits per heavy atom. The molecule has 18 heavy (non-hydrogen) atoms. The summed E-state index contributed by atoms with van der Waals surface area (Å²) in [6.07, 6.45) is 0. The zero-order chi connectivity index (χ0) is 14.0. The van der Waals surface area contributed by atoms with Crippen molar-refractivity contribution in [2.45, 2.75) is 33.4 Å². The van der Waals surface area contributed by atoms with Crippen molar-refractivity contribution < 1.29 is 14.8 Å². The van der Waals surface area contributed by atoms with E-state index in [-0.39, 0.29) is 17.2 Å². The van der Waals surface area contributed by atoms with Crippen molar-refractivity contribution in [3.63, 3.8) is 0 Å². The molecule has 8 nitrogen and oxygen atoms in total. The second kappa shape index (κ2) is 5.03. The fraction of sp³-hybridized carbons (Fsp3) is 0.600. The Kier molecular flexibility index (Phi) is 3.89. The van der Waals surface area contributed by atoms with Gasteiger partial charge in [-0.15, -0.1) is 0 Å². The van der Waals surface area contributed by atoms with E-state index in [1.54, 1.807) is 6.92 Å². The van der Waals surface area contributed by atoms with Crippen molar-refractivity contribution in [2.75, 3.05) is 11.9 Å². The van der Waals surface area contributed by atoms with Gasteiger partial charge >= 0.3 is 11.7 Å². The highest BCUT2D eigenvalue weighted by Crippen LogP contribution is 2.31. The Labute approximate surface area is 104 Å². The number of anilines is 1. The van der Waals surface area contributed by atoms with Gasteiger partial charge in [-0.1, -0.05) is 0 Å². The van der Waals surface area contributed by atoms with Gasteiger partial charge in [0.25, 0.3) is 0 Å². The summed E-state index contributed by atoms with van der Waals surface area (Å²) in [7, 11) is 1.51. The normalized spacial score (nSPS) is 12.2. The van der Waals surface area contributed by atoms with Crippen LogP contribution in [0.3, 0.4) is 0 Å². The maximum absolute atomic E-state index is 11.0. The fourth-order valence-electron chi connectivity index (χ4n) is 1.69. The SMILES string of the molecule is CCn1nc(C)c([N+](=O)[O-])c1N(C)C(C)C(=O)O. The van der Waals surface area contributed by atoms with E-state index in [4.69, 9.17) is 5.11 Å². The Morgan fingerprint density at radius 2 is 2.22 bits per heavy atom. The van der Waals surface area contributed by atoms with Crippen LogP contribution in [0.1, 0.15) is 19.5 Å². The van der Waals surface area contributed by atoms with Gasteiger partial charge in [0.15, 0.2) is 0 Å². The molecule has 0 aromatic carbocycles. The summed E-state index contributed by atoms with van der Waals surface area (Å²) >= 11 is 0. The van der Waals surface area contributed by atoms with E-state index in [2.05, 4.69) is 5.10 Å². The highest BCUT2D eigenvalue weighted by Gasteiger charge is 2.31. The minimum Gasteiger partial charge on any atom is -0.480 e. The van der Waals surface area contributed by atoms with Gasteiger partial charge in [-0.2, -0.15) is 5.10 Å². The van der Waals surface area contributed by atoms with E-state index in [1.165, 1.54) is 30.5 Å². The first kappa shape index (κ1) is 13.9. The quantitative estimate of drug-likeness (QED) is 0.623. The van der Waals surface area contributed by atoms with Crippen molar-refractivity contribution in [3.05, 3.63) is 15.8 Å². The second-order valence-electron chi connectivity index (χ2n) is 3.96. The third-order valence-electron chi connectivity index (χ3n) is 2.82. The molecule has 1 aromatic heterocycles. The number of nitrogens with zero attached hydrogens (tertiary/aromatic N) is 4. The molecular formula is C10H16N4O4. The lowest BCUT2D eigenvalue weighted by atomic mass is 10.3. The lowest BCUT2D eigenvalue weighted by Crippen LogP contribution is -2.37. The number of carboxylic acid groups (broad SMARTS) is 1. The van der Waals surface area contributed by atoms with Gasteiger partial charge < -0.3 is 10.0 Å². The summed E-state index contributed by atoms with van der Waals surface area (Å²) in [5.74, 6) is -0.830. The van der Waals surface area contributed by atoms with Crippen LogP contribution < -0.4 is 4.90 Å². The number of hydrogen-bond acceptors (Lipinski definition) is 5. The molecule has 1 rings (SSSR count). The summed E-state index contributed by atoms with van der Waals surface area (Å²) in [5, 5.41) is 24.1. The molecule has 1 aromatic rings. The number of aryl methyl sites for hydroxylation is 2. The van der Waals surface area contributed by atoms with E-state index in [0.29, 0.717) is 6.54 Å². The molecule has 1 atom stereocenters. The van der Waals surface area contributed by atoms with Gasteiger partial charge in [0.05, 0.1) is 4.92 Å². The first-order valence-electron chi connectivity index (χ1n) is 5.48. The molecule has 1 heterocycles. The zero-order valence-electron chi connectivity index (χ0n) is 10.7. The van der Waals surface area contributed by atoms with Crippen molar-refractivity contribution >= 4 is 17.5 Å². The predicted molar refractivity (Wildman–Crippen MR) is 64.8 cm³/mol. The minimum atomic E-state index is -1.05. The van der Waals surface area contributed by atoms with Gasteiger partial charge in [0.2, 0.25) is 5.82 Å². The number of rotatable bonds is 5. The molecule has 0 spiro atoms. The maximum atomic E-state index is 11.0. The maximum Gasteiger partial charge on any atom is 0.333 e. The molecule has 0 bridgehead atoms. The summed E-state index contributed by atoms with van der Waals surface area (Å²) < 4.78 is 1.44. The lowest BCUT2D eigenvalue weighted by Gasteiger charge is -2.23. The summed E-state index contributed by atoms with van der Waals surface area (Å²) in [4.78, 5) is 22.8. The third kappa shape index (κ3) is 2.27. The lowest BCUT2D eigenvalue weighted by molar-refractivity contribution is -0.384. The Bertz CT molecular complexity index is 482. The minimum absolute atomic E-state index is 0.146. The third-order valence-corrected chi connectivity index (χ3v) is 2.82. The molecule has 1 N–H and O–H groups in total. The largest absolute Gasteiger partial charge is 0.480 e. The molecule has 0 aliphatic rings. The van der Waals surface area contributed by atoms with Gasteiger partial charge in [-0.25, -0.2) is 9.48 Å². The molecule has 1 unspecified atom stereocenters. The monoisotopic (exact) mass is 256 g/mol. The number of aromatic nitrogens is 2. The first-order chi connectivity index (χ1) is 8.31. The molecule has 0 amide bonds. The number of carbonyl (C=O) groups is 1. The van der Waals surface area contributed by atoms with Crippen molar-refractivity contribution in [2.24, 2.45) is 0 Å². The molecule has 100 valence electrons. The van der Waals surface area contributed by atoms with E-state index in [1.807, 2.05) is 0 Å². The fourth-order valence-corrected chi connectivity index (χ4v) is 1.69. The molecule has 0 saturated carbocycles.